The molecule has 0 spiro atoms. The fourth-order valence-corrected chi connectivity index (χ4v) is 5.21. The highest BCUT2D eigenvalue weighted by atomic mass is 32.2. The Morgan fingerprint density at radius 2 is 1.63 bits per heavy atom. The van der Waals surface area contributed by atoms with E-state index in [0.29, 0.717) is 25.5 Å². The molecular formula is C34H37F4N7O5S. The molecule has 0 saturated heterocycles. The number of halogens is 4. The number of sulfonamides is 1. The molecule has 0 saturated carbocycles. The lowest BCUT2D eigenvalue weighted by Crippen LogP contribution is -2.25. The molecule has 0 radical (unpaired) electrons. The number of hydroxylamine groups is 1. The second-order valence-corrected chi connectivity index (χ2v) is 13.4. The number of hydrogen-bond acceptors (Lipinski definition) is 9. The molecule has 3 aromatic carbocycles. The highest BCUT2D eigenvalue weighted by Crippen LogP contribution is 2.37. The van der Waals surface area contributed by atoms with E-state index in [1.165, 1.54) is 43.4 Å². The molecule has 12 nitrogen and oxygen atoms in total. The molecule has 1 aromatic heterocycles. The van der Waals surface area contributed by atoms with Crippen LogP contribution in [-0.2, 0) is 32.4 Å². The first-order chi connectivity index (χ1) is 24.2. The monoisotopic (exact) mass is 731 g/mol. The lowest BCUT2D eigenvalue weighted by molar-refractivity contribution is -0.137. The van der Waals surface area contributed by atoms with E-state index in [2.05, 4.69) is 31.4 Å². The van der Waals surface area contributed by atoms with Crippen LogP contribution in [0.1, 0.15) is 53.6 Å². The number of aromatic nitrogens is 2. The zero-order chi connectivity index (χ0) is 37.0. The maximum Gasteiger partial charge on any atom is 0.421 e. The van der Waals surface area contributed by atoms with E-state index in [-0.39, 0.29) is 47.6 Å². The third-order valence-corrected chi connectivity index (χ3v) is 8.63. The number of hydrogen-bond donors (Lipinski definition) is 4. The molecule has 4 aromatic rings. The topological polar surface area (TPSA) is 155 Å². The van der Waals surface area contributed by atoms with Gasteiger partial charge in [-0.05, 0) is 48.7 Å². The molecule has 0 fully saturated rings. The first kappa shape index (κ1) is 38.5. The quantitative estimate of drug-likeness (QED) is 0.0545. The standard InChI is InChI=1S/C34H37F4N7O5S/c1-45(51(2,48)49)29-15-10-9-14-28(29)42-31-26(34(36,37)38)21-40-33(43-31)41-24-17-18-25(27(35)20-24)32(47)39-19-11-4-3-8-16-30(46)44-50-22-23-12-6-5-7-13-23/h5-7,9-10,12-15,17-18,20-21H,3-4,8,11,16,19,22H2,1-2H3,(H,39,47)(H,44,46)(H2,40,41,42,43). The summed E-state index contributed by atoms with van der Waals surface area (Å²) < 4.78 is 81.6. The van der Waals surface area contributed by atoms with Gasteiger partial charge >= 0.3 is 6.18 Å². The number of benzene rings is 3. The Morgan fingerprint density at radius 3 is 2.33 bits per heavy atom. The van der Waals surface area contributed by atoms with Crippen molar-refractivity contribution < 1.29 is 40.4 Å². The zero-order valence-corrected chi connectivity index (χ0v) is 28.6. The molecule has 0 aliphatic heterocycles. The lowest BCUT2D eigenvalue weighted by Gasteiger charge is -2.22. The summed E-state index contributed by atoms with van der Waals surface area (Å²) in [5, 5.41) is 7.83. The maximum atomic E-state index is 14.9. The van der Waals surface area contributed by atoms with Crippen molar-refractivity contribution >= 4 is 50.7 Å². The molecule has 0 bridgehead atoms. The van der Waals surface area contributed by atoms with Gasteiger partial charge in [0.05, 0.1) is 29.8 Å². The number of para-hydroxylation sites is 2. The summed E-state index contributed by atoms with van der Waals surface area (Å²) in [6.45, 7) is 0.549. The Balaban J connectivity index is 1.28. The van der Waals surface area contributed by atoms with Crippen LogP contribution in [-0.4, -0.2) is 50.0 Å². The molecule has 2 amide bonds. The van der Waals surface area contributed by atoms with Crippen LogP contribution in [0.4, 0.5) is 46.4 Å². The summed E-state index contributed by atoms with van der Waals surface area (Å²) in [4.78, 5) is 37.4. The highest BCUT2D eigenvalue weighted by Gasteiger charge is 2.36. The summed E-state index contributed by atoms with van der Waals surface area (Å²) in [7, 11) is -2.50. The van der Waals surface area contributed by atoms with E-state index in [0.717, 1.165) is 35.0 Å². The highest BCUT2D eigenvalue weighted by molar-refractivity contribution is 7.92. The van der Waals surface area contributed by atoms with Gasteiger partial charge in [-0.15, -0.1) is 0 Å². The van der Waals surface area contributed by atoms with E-state index < -0.39 is 39.3 Å². The number of rotatable bonds is 17. The summed E-state index contributed by atoms with van der Waals surface area (Å²) >= 11 is 0. The maximum absolute atomic E-state index is 14.9. The number of carbonyl (C=O) groups is 2. The lowest BCUT2D eigenvalue weighted by atomic mass is 10.1. The Kier molecular flexibility index (Phi) is 13.3. The number of amides is 2. The largest absolute Gasteiger partial charge is 0.421 e. The van der Waals surface area contributed by atoms with Crippen LogP contribution in [0.3, 0.4) is 0 Å². The van der Waals surface area contributed by atoms with Crippen molar-refractivity contribution in [3.8, 4) is 0 Å². The predicted molar refractivity (Wildman–Crippen MR) is 184 cm³/mol. The number of nitrogens with zero attached hydrogens (tertiary/aromatic N) is 3. The van der Waals surface area contributed by atoms with E-state index in [1.807, 2.05) is 30.3 Å². The third-order valence-electron chi connectivity index (χ3n) is 7.44. The Morgan fingerprint density at radius 1 is 0.922 bits per heavy atom. The Hall–Kier alpha value is -5.29. The van der Waals surface area contributed by atoms with Crippen LogP contribution >= 0.6 is 0 Å². The average molecular weight is 732 g/mol. The number of alkyl halides is 3. The van der Waals surface area contributed by atoms with E-state index in [4.69, 9.17) is 4.84 Å². The molecule has 4 N–H and O–H groups in total. The molecule has 0 aliphatic carbocycles. The fraction of sp³-hybridized carbons (Fsp3) is 0.294. The Bertz CT molecular complexity index is 1920. The molecule has 4 rings (SSSR count). The van der Waals surface area contributed by atoms with Gasteiger partial charge in [0.1, 0.15) is 17.2 Å². The van der Waals surface area contributed by atoms with Crippen molar-refractivity contribution in [2.45, 2.75) is 44.9 Å². The SMILES string of the molecule is CN(c1ccccc1Nc1nc(Nc2ccc(C(=O)NCCCCCCC(=O)NOCc3ccccc3)c(F)c2)ncc1C(F)(F)F)S(C)(=O)=O. The van der Waals surface area contributed by atoms with Crippen molar-refractivity contribution in [1.29, 1.82) is 0 Å². The van der Waals surface area contributed by atoms with Crippen LogP contribution < -0.4 is 25.7 Å². The summed E-state index contributed by atoms with van der Waals surface area (Å²) in [6.07, 6.45) is -0.383. The smallest absolute Gasteiger partial charge is 0.352 e. The average Bonchev–Trinajstić information content (AvgIpc) is 3.07. The van der Waals surface area contributed by atoms with Gasteiger partial charge < -0.3 is 16.0 Å². The summed E-state index contributed by atoms with van der Waals surface area (Å²) in [6, 6.07) is 18.8. The van der Waals surface area contributed by atoms with E-state index in [1.54, 1.807) is 0 Å². The molecule has 272 valence electrons. The summed E-state index contributed by atoms with van der Waals surface area (Å²) in [5.41, 5.74) is 2.03. The van der Waals surface area contributed by atoms with Crippen LogP contribution in [0.2, 0.25) is 0 Å². The number of carbonyl (C=O) groups excluding carboxylic acids is 2. The van der Waals surface area contributed by atoms with Gasteiger partial charge in [0.2, 0.25) is 21.9 Å². The Labute approximate surface area is 292 Å². The molecule has 0 unspecified atom stereocenters. The van der Waals surface area contributed by atoms with Crippen LogP contribution in [0.15, 0.2) is 79.0 Å². The van der Waals surface area contributed by atoms with Crippen LogP contribution in [0.5, 0.6) is 0 Å². The van der Waals surface area contributed by atoms with Crippen molar-refractivity contribution in [3.05, 3.63) is 102 Å². The molecule has 1 heterocycles. The summed E-state index contributed by atoms with van der Waals surface area (Å²) in [5.74, 6) is -2.77. The predicted octanol–water partition coefficient (Wildman–Crippen LogP) is 6.45. The molecular weight excluding hydrogens is 694 g/mol. The second-order valence-electron chi connectivity index (χ2n) is 11.4. The van der Waals surface area contributed by atoms with Crippen LogP contribution in [0, 0.1) is 5.82 Å². The number of unbranched alkanes of at least 4 members (excludes halogenated alkanes) is 3. The normalized spacial score (nSPS) is 11.5. The van der Waals surface area contributed by atoms with Crippen molar-refractivity contribution in [3.63, 3.8) is 0 Å². The minimum atomic E-state index is -4.87. The van der Waals surface area contributed by atoms with Gasteiger partial charge in [0, 0.05) is 31.9 Å². The number of nitrogens with one attached hydrogen (secondary N) is 4. The molecule has 17 heteroatoms. The third kappa shape index (κ3) is 11.6. The number of anilines is 5. The first-order valence-corrected chi connectivity index (χ1v) is 17.6. The van der Waals surface area contributed by atoms with Crippen molar-refractivity contribution in [2.24, 2.45) is 0 Å². The minimum Gasteiger partial charge on any atom is -0.352 e. The van der Waals surface area contributed by atoms with Crippen LogP contribution in [0.25, 0.3) is 0 Å². The van der Waals surface area contributed by atoms with Crippen molar-refractivity contribution in [2.75, 3.05) is 34.8 Å². The molecule has 0 aliphatic rings. The van der Waals surface area contributed by atoms with Gasteiger partial charge in [0.25, 0.3) is 5.91 Å². The van der Waals surface area contributed by atoms with Gasteiger partial charge in [-0.25, -0.2) is 23.3 Å². The zero-order valence-electron chi connectivity index (χ0n) is 27.8. The minimum absolute atomic E-state index is 0.0228. The second kappa shape index (κ2) is 17.6. The van der Waals surface area contributed by atoms with Crippen molar-refractivity contribution in [1.82, 2.24) is 20.8 Å². The van der Waals surface area contributed by atoms with E-state index in [9.17, 15) is 35.6 Å². The molecule has 0 atom stereocenters. The first-order valence-electron chi connectivity index (χ1n) is 15.8. The van der Waals surface area contributed by atoms with Gasteiger partial charge in [0.15, 0.2) is 0 Å². The van der Waals surface area contributed by atoms with Gasteiger partial charge in [-0.2, -0.15) is 18.2 Å². The molecule has 51 heavy (non-hydrogen) atoms. The van der Waals surface area contributed by atoms with Gasteiger partial charge in [-0.3, -0.25) is 18.7 Å². The van der Waals surface area contributed by atoms with E-state index >= 15 is 0 Å². The fourth-order valence-electron chi connectivity index (χ4n) is 4.70. The van der Waals surface area contributed by atoms with Gasteiger partial charge in [-0.1, -0.05) is 55.3 Å².